The molecule has 0 aliphatic heterocycles. The first-order valence-corrected chi connectivity index (χ1v) is 12.1. The molecule has 9 heteroatoms. The van der Waals surface area contributed by atoms with Gasteiger partial charge in [-0.15, -0.1) is 10.2 Å². The van der Waals surface area contributed by atoms with Crippen LogP contribution in [-0.4, -0.2) is 37.9 Å². The molecule has 0 saturated heterocycles. The van der Waals surface area contributed by atoms with Crippen LogP contribution in [-0.2, 0) is 5.75 Å². The SMILES string of the molecule is CCOc1ccc(-n2c(SCc3cc(=O)n4ccccc4n3)nnc2-c2cccc(OC)c2)cc1. The van der Waals surface area contributed by atoms with E-state index in [0.717, 1.165) is 22.7 Å². The Morgan fingerprint density at radius 3 is 2.60 bits per heavy atom. The van der Waals surface area contributed by atoms with Crippen molar-refractivity contribution in [1.82, 2.24) is 24.1 Å². The smallest absolute Gasteiger partial charge is 0.258 e. The van der Waals surface area contributed by atoms with Gasteiger partial charge in [0.2, 0.25) is 0 Å². The second-order valence-corrected chi connectivity index (χ2v) is 8.55. The Bertz CT molecular complexity index is 1530. The lowest BCUT2D eigenvalue weighted by Gasteiger charge is -2.12. The Morgan fingerprint density at radius 2 is 1.80 bits per heavy atom. The molecule has 0 amide bonds. The second-order valence-electron chi connectivity index (χ2n) is 7.60. The number of thioether (sulfide) groups is 1. The summed E-state index contributed by atoms with van der Waals surface area (Å²) >= 11 is 1.47. The minimum absolute atomic E-state index is 0.115. The van der Waals surface area contributed by atoms with E-state index in [4.69, 9.17) is 9.47 Å². The molecule has 0 fully saturated rings. The van der Waals surface area contributed by atoms with Crippen molar-refractivity contribution >= 4 is 17.4 Å². The number of hydrogen-bond donors (Lipinski definition) is 0. The number of pyridine rings is 1. The zero-order valence-corrected chi connectivity index (χ0v) is 20.1. The molecule has 176 valence electrons. The van der Waals surface area contributed by atoms with Crippen LogP contribution in [0.4, 0.5) is 0 Å². The number of methoxy groups -OCH3 is 1. The highest BCUT2D eigenvalue weighted by Gasteiger charge is 2.17. The summed E-state index contributed by atoms with van der Waals surface area (Å²) in [4.78, 5) is 17.1. The number of nitrogens with zero attached hydrogens (tertiary/aromatic N) is 5. The molecule has 2 aromatic carbocycles. The van der Waals surface area contributed by atoms with E-state index >= 15 is 0 Å². The summed E-state index contributed by atoms with van der Waals surface area (Å²) in [7, 11) is 1.64. The topological polar surface area (TPSA) is 83.5 Å². The van der Waals surface area contributed by atoms with Gasteiger partial charge in [-0.3, -0.25) is 13.8 Å². The third kappa shape index (κ3) is 4.76. The van der Waals surface area contributed by atoms with Gasteiger partial charge in [-0.05, 0) is 55.5 Å². The maximum atomic E-state index is 12.5. The van der Waals surface area contributed by atoms with Gasteiger partial charge in [-0.1, -0.05) is 30.0 Å². The zero-order chi connectivity index (χ0) is 24.2. The van der Waals surface area contributed by atoms with Crippen molar-refractivity contribution in [2.75, 3.05) is 13.7 Å². The predicted molar refractivity (Wildman–Crippen MR) is 136 cm³/mol. The molecule has 0 saturated carbocycles. The van der Waals surface area contributed by atoms with E-state index in [1.54, 1.807) is 19.4 Å². The van der Waals surface area contributed by atoms with Crippen LogP contribution < -0.4 is 15.0 Å². The predicted octanol–water partition coefficient (Wildman–Crippen LogP) is 4.64. The van der Waals surface area contributed by atoms with Crippen molar-refractivity contribution in [2.45, 2.75) is 17.8 Å². The molecule has 0 aliphatic rings. The molecule has 35 heavy (non-hydrogen) atoms. The minimum Gasteiger partial charge on any atom is -0.497 e. The Morgan fingerprint density at radius 1 is 0.943 bits per heavy atom. The second kappa shape index (κ2) is 10.0. The Hall–Kier alpha value is -4.11. The van der Waals surface area contributed by atoms with Crippen LogP contribution in [0.3, 0.4) is 0 Å². The molecule has 0 aliphatic carbocycles. The zero-order valence-electron chi connectivity index (χ0n) is 19.3. The van der Waals surface area contributed by atoms with E-state index in [2.05, 4.69) is 15.2 Å². The van der Waals surface area contributed by atoms with Crippen molar-refractivity contribution < 1.29 is 9.47 Å². The van der Waals surface area contributed by atoms with E-state index in [1.807, 2.05) is 78.2 Å². The van der Waals surface area contributed by atoms with E-state index in [1.165, 1.54) is 16.2 Å². The van der Waals surface area contributed by atoms with Gasteiger partial charge in [0.25, 0.3) is 5.56 Å². The summed E-state index contributed by atoms with van der Waals surface area (Å²) in [5, 5.41) is 9.65. The lowest BCUT2D eigenvalue weighted by Crippen LogP contribution is -2.14. The minimum atomic E-state index is -0.115. The van der Waals surface area contributed by atoms with Gasteiger partial charge in [0.15, 0.2) is 11.0 Å². The van der Waals surface area contributed by atoms with Crippen molar-refractivity contribution in [2.24, 2.45) is 0 Å². The fraction of sp³-hybridized carbons (Fsp3) is 0.154. The molecule has 3 aromatic heterocycles. The molecule has 0 unspecified atom stereocenters. The number of aromatic nitrogens is 5. The van der Waals surface area contributed by atoms with Gasteiger partial charge in [0.1, 0.15) is 17.1 Å². The number of benzene rings is 2. The summed E-state index contributed by atoms with van der Waals surface area (Å²) < 4.78 is 14.5. The summed E-state index contributed by atoms with van der Waals surface area (Å²) in [6.45, 7) is 2.55. The quantitative estimate of drug-likeness (QED) is 0.296. The summed E-state index contributed by atoms with van der Waals surface area (Å²) in [5.74, 6) is 2.68. The van der Waals surface area contributed by atoms with Crippen LogP contribution in [0.2, 0.25) is 0 Å². The van der Waals surface area contributed by atoms with Crippen LogP contribution in [0.15, 0.2) is 88.9 Å². The molecule has 0 radical (unpaired) electrons. The summed E-state index contributed by atoms with van der Waals surface area (Å²) in [6.07, 6.45) is 1.71. The number of ether oxygens (including phenoxy) is 2. The first-order chi connectivity index (χ1) is 17.2. The van der Waals surface area contributed by atoms with Crippen LogP contribution >= 0.6 is 11.8 Å². The van der Waals surface area contributed by atoms with Crippen LogP contribution in [0.25, 0.3) is 22.7 Å². The third-order valence-electron chi connectivity index (χ3n) is 5.34. The van der Waals surface area contributed by atoms with E-state index in [0.29, 0.717) is 34.7 Å². The summed E-state index contributed by atoms with van der Waals surface area (Å²) in [6, 6.07) is 22.6. The Kier molecular flexibility index (Phi) is 6.49. The average Bonchev–Trinajstić information content (AvgIpc) is 3.32. The maximum absolute atomic E-state index is 12.5. The van der Waals surface area contributed by atoms with Gasteiger partial charge >= 0.3 is 0 Å². The Balaban J connectivity index is 1.53. The number of fused-ring (bicyclic) bond motifs is 1. The molecule has 5 rings (SSSR count). The molecular weight excluding hydrogens is 462 g/mol. The fourth-order valence-corrected chi connectivity index (χ4v) is 4.56. The van der Waals surface area contributed by atoms with Crippen molar-refractivity contribution in [3.05, 3.63) is 95.0 Å². The van der Waals surface area contributed by atoms with Crippen molar-refractivity contribution in [3.8, 4) is 28.6 Å². The molecule has 8 nitrogen and oxygen atoms in total. The molecule has 0 N–H and O–H groups in total. The molecule has 0 atom stereocenters. The first kappa shape index (κ1) is 22.7. The van der Waals surface area contributed by atoms with E-state index in [-0.39, 0.29) is 5.56 Å². The van der Waals surface area contributed by atoms with Crippen LogP contribution in [0.1, 0.15) is 12.6 Å². The lowest BCUT2D eigenvalue weighted by atomic mass is 10.2. The fourth-order valence-electron chi connectivity index (χ4n) is 3.72. The van der Waals surface area contributed by atoms with Gasteiger partial charge in [0.05, 0.1) is 19.4 Å². The van der Waals surface area contributed by atoms with Gasteiger partial charge in [-0.2, -0.15) is 0 Å². The van der Waals surface area contributed by atoms with E-state index < -0.39 is 0 Å². The maximum Gasteiger partial charge on any atom is 0.258 e. The third-order valence-corrected chi connectivity index (χ3v) is 6.30. The van der Waals surface area contributed by atoms with Crippen LogP contribution in [0.5, 0.6) is 11.5 Å². The van der Waals surface area contributed by atoms with Gasteiger partial charge in [0, 0.05) is 29.3 Å². The van der Waals surface area contributed by atoms with Crippen LogP contribution in [0, 0.1) is 0 Å². The molecule has 0 spiro atoms. The largest absolute Gasteiger partial charge is 0.497 e. The summed E-state index contributed by atoms with van der Waals surface area (Å²) in [5.41, 5.74) is 2.94. The highest BCUT2D eigenvalue weighted by molar-refractivity contribution is 7.98. The lowest BCUT2D eigenvalue weighted by molar-refractivity contribution is 0.340. The average molecular weight is 486 g/mol. The molecule has 3 heterocycles. The van der Waals surface area contributed by atoms with E-state index in [9.17, 15) is 4.79 Å². The highest BCUT2D eigenvalue weighted by atomic mass is 32.2. The molecular formula is C26H23N5O3S. The van der Waals surface area contributed by atoms with Crippen molar-refractivity contribution in [3.63, 3.8) is 0 Å². The van der Waals surface area contributed by atoms with Gasteiger partial charge in [-0.25, -0.2) is 4.98 Å². The number of hydrogen-bond acceptors (Lipinski definition) is 7. The number of rotatable bonds is 8. The monoisotopic (exact) mass is 485 g/mol. The highest BCUT2D eigenvalue weighted by Crippen LogP contribution is 2.31. The van der Waals surface area contributed by atoms with Gasteiger partial charge < -0.3 is 9.47 Å². The van der Waals surface area contributed by atoms with Crippen molar-refractivity contribution in [1.29, 1.82) is 0 Å². The normalized spacial score (nSPS) is 11.0. The Labute approximate surface area is 206 Å². The molecule has 5 aromatic rings. The standard InChI is InChI=1S/C26H23N5O3S/c1-3-34-21-12-10-20(11-13-21)31-25(18-7-6-8-22(15-18)33-2)28-29-26(31)35-17-19-16-24(32)30-14-5-4-9-23(30)27-19/h4-16H,3,17H2,1-2H3. The first-order valence-electron chi connectivity index (χ1n) is 11.1. The molecule has 0 bridgehead atoms.